The summed E-state index contributed by atoms with van der Waals surface area (Å²) in [4.78, 5) is 8.54. The molecule has 4 nitrogen and oxygen atoms in total. The molecule has 0 amide bonds. The third-order valence-corrected chi connectivity index (χ3v) is 3.40. The Kier molecular flexibility index (Phi) is 2.94. The predicted octanol–water partition coefficient (Wildman–Crippen LogP) is 2.34. The van der Waals surface area contributed by atoms with Gasteiger partial charge >= 0.3 is 0 Å². The first-order valence-electron chi connectivity index (χ1n) is 4.14. The van der Waals surface area contributed by atoms with Gasteiger partial charge in [-0.15, -0.1) is 11.3 Å². The van der Waals surface area contributed by atoms with Crippen molar-refractivity contribution in [1.82, 2.24) is 9.97 Å². The molecule has 0 unspecified atom stereocenters. The van der Waals surface area contributed by atoms with E-state index in [0.29, 0.717) is 11.6 Å². The molecule has 2 aromatic heterocycles. The van der Waals surface area contributed by atoms with Gasteiger partial charge in [-0.1, -0.05) is 11.3 Å². The smallest absolute Gasteiger partial charge is 0.273 e. The fourth-order valence-electron chi connectivity index (χ4n) is 1.04. The van der Waals surface area contributed by atoms with Gasteiger partial charge < -0.3 is 4.74 Å². The van der Waals surface area contributed by atoms with E-state index < -0.39 is 0 Å². The van der Waals surface area contributed by atoms with Crippen molar-refractivity contribution in [2.24, 2.45) is 0 Å². The van der Waals surface area contributed by atoms with E-state index >= 15 is 0 Å². The zero-order valence-electron chi connectivity index (χ0n) is 7.93. The van der Waals surface area contributed by atoms with E-state index in [4.69, 9.17) is 10.00 Å². The number of hydrogen-bond acceptors (Lipinski definition) is 6. The topological polar surface area (TPSA) is 58.8 Å². The van der Waals surface area contributed by atoms with Gasteiger partial charge in [-0.3, -0.25) is 0 Å². The predicted molar refractivity (Wildman–Crippen MR) is 59.1 cm³/mol. The lowest BCUT2D eigenvalue weighted by Gasteiger charge is -1.88. The summed E-state index contributed by atoms with van der Waals surface area (Å²) in [5.41, 5.74) is 1.61. The molecule has 0 aliphatic heterocycles. The number of rotatable bonds is 3. The van der Waals surface area contributed by atoms with Crippen LogP contribution in [0, 0.1) is 11.3 Å². The summed E-state index contributed by atoms with van der Waals surface area (Å²) in [6, 6.07) is 2.07. The molecule has 0 fully saturated rings. The highest BCUT2D eigenvalue weighted by atomic mass is 32.1. The van der Waals surface area contributed by atoms with Crippen LogP contribution in [0.4, 0.5) is 0 Å². The zero-order valence-corrected chi connectivity index (χ0v) is 9.56. The number of aromatic nitrogens is 2. The first-order valence-corrected chi connectivity index (χ1v) is 5.90. The van der Waals surface area contributed by atoms with Gasteiger partial charge in [-0.05, 0) is 0 Å². The van der Waals surface area contributed by atoms with Gasteiger partial charge in [0.05, 0.1) is 25.3 Å². The molecular weight excluding hydrogens is 230 g/mol. The third-order valence-electron chi connectivity index (χ3n) is 1.69. The van der Waals surface area contributed by atoms with E-state index in [9.17, 15) is 0 Å². The molecule has 0 bridgehead atoms. The molecule has 0 atom stereocenters. The van der Waals surface area contributed by atoms with Crippen LogP contribution in [0.25, 0.3) is 10.7 Å². The van der Waals surface area contributed by atoms with E-state index in [-0.39, 0.29) is 0 Å². The molecule has 0 aromatic carbocycles. The number of thiazole rings is 2. The van der Waals surface area contributed by atoms with E-state index in [1.54, 1.807) is 7.11 Å². The van der Waals surface area contributed by atoms with Crippen LogP contribution in [0.2, 0.25) is 0 Å². The van der Waals surface area contributed by atoms with Crippen molar-refractivity contribution in [3.05, 3.63) is 16.5 Å². The second kappa shape index (κ2) is 4.38. The molecule has 0 aliphatic rings. The minimum Gasteiger partial charge on any atom is -0.473 e. The molecule has 0 aliphatic carbocycles. The summed E-state index contributed by atoms with van der Waals surface area (Å²) in [6.45, 7) is 0. The van der Waals surface area contributed by atoms with Crippen LogP contribution in [-0.2, 0) is 6.42 Å². The molecule has 15 heavy (non-hydrogen) atoms. The molecule has 0 saturated carbocycles. The maximum atomic E-state index is 8.52. The highest BCUT2D eigenvalue weighted by molar-refractivity contribution is 7.14. The molecule has 2 heterocycles. The maximum Gasteiger partial charge on any atom is 0.273 e. The minimum absolute atomic E-state index is 0.345. The molecule has 2 rings (SSSR count). The number of nitriles is 1. The first kappa shape index (κ1) is 10.1. The van der Waals surface area contributed by atoms with Crippen molar-refractivity contribution < 1.29 is 4.74 Å². The van der Waals surface area contributed by atoms with Gasteiger partial charge in [-0.25, -0.2) is 9.97 Å². The van der Waals surface area contributed by atoms with Crippen molar-refractivity contribution in [2.75, 3.05) is 7.11 Å². The average molecular weight is 237 g/mol. The van der Waals surface area contributed by atoms with Gasteiger partial charge in [-0.2, -0.15) is 5.26 Å². The SMILES string of the molecule is COc1nc(-c2nc(CC#N)cs2)cs1. The van der Waals surface area contributed by atoms with Crippen LogP contribution in [0.3, 0.4) is 0 Å². The Bertz CT molecular complexity index is 497. The number of methoxy groups -OCH3 is 1. The Hall–Kier alpha value is -1.45. The molecule has 0 N–H and O–H groups in total. The second-order valence-electron chi connectivity index (χ2n) is 2.68. The van der Waals surface area contributed by atoms with E-state index in [1.807, 2.05) is 10.8 Å². The van der Waals surface area contributed by atoms with Crippen LogP contribution in [-0.4, -0.2) is 17.1 Å². The maximum absolute atomic E-state index is 8.52. The van der Waals surface area contributed by atoms with Crippen molar-refractivity contribution in [3.63, 3.8) is 0 Å². The largest absolute Gasteiger partial charge is 0.473 e. The summed E-state index contributed by atoms with van der Waals surface area (Å²) in [6.07, 6.45) is 0.345. The average Bonchev–Trinajstić information content (AvgIpc) is 2.85. The fourth-order valence-corrected chi connectivity index (χ4v) is 2.51. The van der Waals surface area contributed by atoms with Gasteiger partial charge in [0.1, 0.15) is 10.7 Å². The Labute approximate surface area is 94.8 Å². The quantitative estimate of drug-likeness (QED) is 0.822. The Morgan fingerprint density at radius 3 is 2.93 bits per heavy atom. The summed E-state index contributed by atoms with van der Waals surface area (Å²) >= 11 is 2.93. The van der Waals surface area contributed by atoms with Gasteiger partial charge in [0, 0.05) is 10.8 Å². The van der Waals surface area contributed by atoms with Crippen molar-refractivity contribution in [2.45, 2.75) is 6.42 Å². The highest BCUT2D eigenvalue weighted by Crippen LogP contribution is 2.28. The monoisotopic (exact) mass is 237 g/mol. The molecule has 0 spiro atoms. The van der Waals surface area contributed by atoms with Crippen molar-refractivity contribution >= 4 is 22.7 Å². The molecular formula is C9H7N3OS2. The molecule has 76 valence electrons. The molecule has 2 aromatic rings. The second-order valence-corrected chi connectivity index (χ2v) is 4.36. The van der Waals surface area contributed by atoms with Gasteiger partial charge in [0.2, 0.25) is 0 Å². The standard InChI is InChI=1S/C9H7N3OS2/c1-13-9-12-7(5-15-9)8-11-6(2-3-10)4-14-8/h4-5H,2H2,1H3. The van der Waals surface area contributed by atoms with E-state index in [1.165, 1.54) is 22.7 Å². The lowest BCUT2D eigenvalue weighted by Crippen LogP contribution is -1.83. The first-order chi connectivity index (χ1) is 7.33. The summed E-state index contributed by atoms with van der Waals surface area (Å²) in [5, 5.41) is 13.8. The zero-order chi connectivity index (χ0) is 10.7. The fraction of sp³-hybridized carbons (Fsp3) is 0.222. The molecule has 0 saturated heterocycles. The number of ether oxygens (including phenoxy) is 1. The summed E-state index contributed by atoms with van der Waals surface area (Å²) < 4.78 is 5.00. The number of nitrogens with zero attached hydrogens (tertiary/aromatic N) is 3. The highest BCUT2D eigenvalue weighted by Gasteiger charge is 2.08. The molecule has 0 radical (unpaired) electrons. The third kappa shape index (κ3) is 2.14. The van der Waals surface area contributed by atoms with Gasteiger partial charge in [0.25, 0.3) is 5.19 Å². The normalized spacial score (nSPS) is 9.87. The summed E-state index contributed by atoms with van der Waals surface area (Å²) in [5.74, 6) is 0. The minimum atomic E-state index is 0.345. The van der Waals surface area contributed by atoms with E-state index in [2.05, 4.69) is 16.0 Å². The van der Waals surface area contributed by atoms with Crippen LogP contribution in [0.5, 0.6) is 5.19 Å². The van der Waals surface area contributed by atoms with Crippen molar-refractivity contribution in [1.29, 1.82) is 5.26 Å². The summed E-state index contributed by atoms with van der Waals surface area (Å²) in [7, 11) is 1.59. The van der Waals surface area contributed by atoms with Crippen LogP contribution in [0.15, 0.2) is 10.8 Å². The Morgan fingerprint density at radius 1 is 1.40 bits per heavy atom. The van der Waals surface area contributed by atoms with Crippen LogP contribution >= 0.6 is 22.7 Å². The number of hydrogen-bond donors (Lipinski definition) is 0. The van der Waals surface area contributed by atoms with Crippen LogP contribution < -0.4 is 4.74 Å². The van der Waals surface area contributed by atoms with Crippen LogP contribution in [0.1, 0.15) is 5.69 Å². The van der Waals surface area contributed by atoms with E-state index in [0.717, 1.165) is 16.4 Å². The van der Waals surface area contributed by atoms with Gasteiger partial charge in [0.15, 0.2) is 0 Å². The van der Waals surface area contributed by atoms with Crippen molar-refractivity contribution in [3.8, 4) is 22.0 Å². The Balaban J connectivity index is 2.25. The lowest BCUT2D eigenvalue weighted by atomic mass is 10.4. The lowest BCUT2D eigenvalue weighted by molar-refractivity contribution is 0.412. The Morgan fingerprint density at radius 2 is 2.27 bits per heavy atom. The molecule has 6 heteroatoms.